The minimum atomic E-state index is -0.946. The predicted molar refractivity (Wildman–Crippen MR) is 218 cm³/mol. The molecule has 6 rings (SSSR count). The van der Waals surface area contributed by atoms with Crippen LogP contribution in [0.5, 0.6) is 11.5 Å². The second-order valence-corrected chi connectivity index (χ2v) is 14.3. The van der Waals surface area contributed by atoms with E-state index in [1.807, 2.05) is 48.5 Å². The average Bonchev–Trinajstić information content (AvgIpc) is 3.19. The molecule has 14 heteroatoms. The number of hydrogen-bond donors (Lipinski definition) is 8. The van der Waals surface area contributed by atoms with E-state index in [1.165, 1.54) is 19.2 Å². The highest BCUT2D eigenvalue weighted by molar-refractivity contribution is 6.33. The van der Waals surface area contributed by atoms with Gasteiger partial charge in [0.1, 0.15) is 17.6 Å². The first-order valence-corrected chi connectivity index (χ1v) is 19.0. The summed E-state index contributed by atoms with van der Waals surface area (Å²) in [5, 5.41) is 33.7. The summed E-state index contributed by atoms with van der Waals surface area (Å²) < 4.78 is 11.3. The molecular formula is C42H47ClN6O7. The number of aromatic nitrogens is 1. The number of aromatic amines is 1. The van der Waals surface area contributed by atoms with E-state index in [0.717, 1.165) is 42.4 Å². The number of carbonyl (C=O) groups is 2. The number of aliphatic hydroxyl groups is 1. The Morgan fingerprint density at radius 1 is 0.964 bits per heavy atom. The fourth-order valence-corrected chi connectivity index (χ4v) is 7.13. The Hall–Kier alpha value is -5.60. The van der Waals surface area contributed by atoms with E-state index in [9.17, 15) is 24.6 Å². The number of phenols is 1. The number of H-pyrrole nitrogens is 1. The molecule has 1 aliphatic carbocycles. The molecule has 56 heavy (non-hydrogen) atoms. The molecule has 4 aromatic carbocycles. The van der Waals surface area contributed by atoms with E-state index in [1.54, 1.807) is 24.3 Å². The number of urea groups is 1. The van der Waals surface area contributed by atoms with Crippen LogP contribution in [-0.4, -0.2) is 59.7 Å². The van der Waals surface area contributed by atoms with Crippen LogP contribution in [0.3, 0.4) is 0 Å². The summed E-state index contributed by atoms with van der Waals surface area (Å²) in [5.74, 6) is 0.396. The van der Waals surface area contributed by atoms with Crippen molar-refractivity contribution >= 4 is 46.0 Å². The van der Waals surface area contributed by atoms with Gasteiger partial charge in [-0.3, -0.25) is 10.1 Å². The Morgan fingerprint density at radius 2 is 1.75 bits per heavy atom. The Labute approximate surface area is 329 Å². The number of aliphatic hydroxyl groups excluding tert-OH is 1. The summed E-state index contributed by atoms with van der Waals surface area (Å²) in [4.78, 5) is 40.1. The summed E-state index contributed by atoms with van der Waals surface area (Å²) in [5.41, 5.74) is 11.0. The standard InChI is InChI=1S/C42H47ClN6O7/c1-55-38-22-35(33(43)21-27(38)23-45-24-37(51)31-15-17-36(50)40-32(31)16-18-39(52)49-40)47-41(53)46-19-5-6-25-9-14-30(26-7-3-2-4-8-26)34(20-25)48-42(54)56-29-12-10-28(44)11-13-29/h2-4,7-9,14-18,20-22,28-29,37,45,50-51H,5-6,10-13,19,23-24,44H2,1H3,(H,48,54)(H,49,52)(H2,46,47,53)/t28?,29?,37-/m0/s1. The van der Waals surface area contributed by atoms with Gasteiger partial charge in [-0.15, -0.1) is 0 Å². The second-order valence-electron chi connectivity index (χ2n) is 13.9. The van der Waals surface area contributed by atoms with Gasteiger partial charge in [-0.2, -0.15) is 0 Å². The van der Waals surface area contributed by atoms with E-state index < -0.39 is 18.2 Å². The van der Waals surface area contributed by atoms with Crippen LogP contribution in [0, 0.1) is 0 Å². The summed E-state index contributed by atoms with van der Waals surface area (Å²) in [6, 6.07) is 24.8. The summed E-state index contributed by atoms with van der Waals surface area (Å²) in [6.45, 7) is 0.826. The molecule has 1 aliphatic rings. The summed E-state index contributed by atoms with van der Waals surface area (Å²) in [7, 11) is 1.51. The average molecular weight is 783 g/mol. The van der Waals surface area contributed by atoms with Gasteiger partial charge in [0.25, 0.3) is 0 Å². The lowest BCUT2D eigenvalue weighted by molar-refractivity contribution is 0.0826. The lowest BCUT2D eigenvalue weighted by Crippen LogP contribution is -2.32. The molecule has 9 N–H and O–H groups in total. The van der Waals surface area contributed by atoms with Crippen molar-refractivity contribution < 1.29 is 29.3 Å². The number of rotatable bonds is 14. The number of amides is 3. The van der Waals surface area contributed by atoms with Gasteiger partial charge in [-0.25, -0.2) is 9.59 Å². The lowest BCUT2D eigenvalue weighted by atomic mass is 9.94. The quantitative estimate of drug-likeness (QED) is 0.0549. The molecule has 1 fully saturated rings. The number of aryl methyl sites for hydroxylation is 1. The zero-order valence-electron chi connectivity index (χ0n) is 31.1. The lowest BCUT2D eigenvalue weighted by Gasteiger charge is -2.26. The molecule has 0 radical (unpaired) electrons. The molecule has 3 amide bonds. The number of methoxy groups -OCH3 is 1. The molecule has 294 valence electrons. The van der Waals surface area contributed by atoms with E-state index in [-0.39, 0.29) is 35.5 Å². The monoisotopic (exact) mass is 782 g/mol. The smallest absolute Gasteiger partial charge is 0.411 e. The molecule has 1 saturated carbocycles. The molecular weight excluding hydrogens is 736 g/mol. The Balaban J connectivity index is 1.00. The van der Waals surface area contributed by atoms with Gasteiger partial charge < -0.3 is 46.4 Å². The fourth-order valence-electron chi connectivity index (χ4n) is 6.90. The first kappa shape index (κ1) is 40.1. The number of pyridine rings is 1. The zero-order chi connectivity index (χ0) is 39.6. The van der Waals surface area contributed by atoms with E-state index in [4.69, 9.17) is 26.8 Å². The zero-order valence-corrected chi connectivity index (χ0v) is 31.8. The number of hydrogen-bond acceptors (Lipinski definition) is 9. The number of anilines is 2. The van der Waals surface area contributed by atoms with Crippen LogP contribution in [-0.2, 0) is 17.7 Å². The number of nitrogens with one attached hydrogen (secondary N) is 5. The Morgan fingerprint density at radius 3 is 2.52 bits per heavy atom. The number of fused-ring (bicyclic) bond motifs is 1. The third kappa shape index (κ3) is 10.4. The van der Waals surface area contributed by atoms with E-state index in [0.29, 0.717) is 64.6 Å². The minimum Gasteiger partial charge on any atom is -0.506 e. The molecule has 1 aromatic heterocycles. The van der Waals surface area contributed by atoms with E-state index >= 15 is 0 Å². The molecule has 5 aromatic rings. The number of benzene rings is 4. The van der Waals surface area contributed by atoms with Crippen molar-refractivity contribution in [1.82, 2.24) is 15.6 Å². The molecule has 1 atom stereocenters. The van der Waals surface area contributed by atoms with Crippen LogP contribution in [0.1, 0.15) is 54.9 Å². The fraction of sp³-hybridized carbons (Fsp3) is 0.310. The molecule has 0 bridgehead atoms. The third-order valence-corrected chi connectivity index (χ3v) is 10.2. The minimum absolute atomic E-state index is 0.0852. The van der Waals surface area contributed by atoms with Gasteiger partial charge in [0, 0.05) is 54.3 Å². The maximum Gasteiger partial charge on any atom is 0.411 e. The van der Waals surface area contributed by atoms with Gasteiger partial charge in [0.15, 0.2) is 0 Å². The number of aromatic hydroxyl groups is 1. The van der Waals surface area contributed by atoms with Crippen molar-refractivity contribution in [3.8, 4) is 22.6 Å². The normalized spacial score (nSPS) is 15.9. The maximum atomic E-state index is 12.9. The molecule has 0 aliphatic heterocycles. The first-order chi connectivity index (χ1) is 27.1. The van der Waals surface area contributed by atoms with Crippen molar-refractivity contribution in [3.63, 3.8) is 0 Å². The molecule has 1 heterocycles. The van der Waals surface area contributed by atoms with Gasteiger partial charge in [0.2, 0.25) is 5.56 Å². The number of nitrogens with two attached hydrogens (primary N) is 1. The SMILES string of the molecule is COc1cc(NC(=O)NCCCc2ccc(-c3ccccc3)c(NC(=O)OC3CCC(N)CC3)c2)c(Cl)cc1CNC[C@H](O)c1ccc(O)c2[nH]c(=O)ccc12. The van der Waals surface area contributed by atoms with Crippen molar-refractivity contribution in [2.24, 2.45) is 5.73 Å². The maximum absolute atomic E-state index is 12.9. The first-order valence-electron chi connectivity index (χ1n) is 18.6. The largest absolute Gasteiger partial charge is 0.506 e. The highest BCUT2D eigenvalue weighted by atomic mass is 35.5. The number of carbonyl (C=O) groups excluding carboxylic acids is 2. The highest BCUT2D eigenvalue weighted by Crippen LogP contribution is 2.33. The Kier molecular flexibility index (Phi) is 13.5. The van der Waals surface area contributed by atoms with Crippen LogP contribution in [0.25, 0.3) is 22.0 Å². The van der Waals surface area contributed by atoms with Crippen molar-refractivity contribution in [3.05, 3.63) is 117 Å². The number of halogens is 1. The third-order valence-electron chi connectivity index (χ3n) is 9.86. The molecule has 13 nitrogen and oxygen atoms in total. The van der Waals surface area contributed by atoms with Crippen LogP contribution in [0.15, 0.2) is 89.7 Å². The van der Waals surface area contributed by atoms with Crippen LogP contribution < -0.4 is 37.3 Å². The summed E-state index contributed by atoms with van der Waals surface area (Å²) in [6.07, 6.45) is 2.87. The van der Waals surface area contributed by atoms with Crippen LogP contribution >= 0.6 is 11.6 Å². The highest BCUT2D eigenvalue weighted by Gasteiger charge is 2.23. The van der Waals surface area contributed by atoms with Crippen LogP contribution in [0.2, 0.25) is 5.02 Å². The molecule has 0 spiro atoms. The van der Waals surface area contributed by atoms with Gasteiger partial charge in [-0.1, -0.05) is 60.1 Å². The number of ether oxygens (including phenoxy) is 2. The molecule has 0 saturated heterocycles. The number of phenolic OH excluding ortho intramolecular Hbond substituents is 1. The second kappa shape index (κ2) is 18.8. The van der Waals surface area contributed by atoms with E-state index in [2.05, 4.69) is 26.3 Å². The van der Waals surface area contributed by atoms with Gasteiger partial charge in [-0.05, 0) is 79.5 Å². The van der Waals surface area contributed by atoms with Crippen molar-refractivity contribution in [2.75, 3.05) is 30.8 Å². The predicted octanol–water partition coefficient (Wildman–Crippen LogP) is 6.96. The van der Waals surface area contributed by atoms with Gasteiger partial charge >= 0.3 is 12.1 Å². The summed E-state index contributed by atoms with van der Waals surface area (Å²) >= 11 is 6.57. The Bertz CT molecular complexity index is 2210. The van der Waals surface area contributed by atoms with Crippen molar-refractivity contribution in [2.45, 2.75) is 63.3 Å². The van der Waals surface area contributed by atoms with Crippen molar-refractivity contribution in [1.29, 1.82) is 0 Å². The van der Waals surface area contributed by atoms with Crippen LogP contribution in [0.4, 0.5) is 21.0 Å². The van der Waals surface area contributed by atoms with Gasteiger partial charge in [0.05, 0.1) is 35.1 Å². The molecule has 0 unspecified atom stereocenters. The topological polar surface area (TPSA) is 200 Å².